The predicted molar refractivity (Wildman–Crippen MR) is 64.7 cm³/mol. The highest BCUT2D eigenvalue weighted by Crippen LogP contribution is 2.76. The van der Waals surface area contributed by atoms with Crippen molar-refractivity contribution in [2.45, 2.75) is 0 Å². The molecular formula is CCl7N2P2+. The molecule has 0 fully saturated rings. The normalized spacial score (nSPS) is 14.8. The summed E-state index contributed by atoms with van der Waals surface area (Å²) in [5.41, 5.74) is -2.94. The Morgan fingerprint density at radius 3 is 1.75 bits per heavy atom. The first-order chi connectivity index (χ1) is 5.10. The molecular weight excluding hydrogens is 350 g/mol. The molecule has 0 bridgehead atoms. The number of halogens is 7. The number of rotatable bonds is 1. The van der Waals surface area contributed by atoms with Crippen molar-refractivity contribution in [3.8, 4) is 0 Å². The fraction of sp³-hybridized carbons (Fsp3) is 0. The van der Waals surface area contributed by atoms with E-state index >= 15 is 0 Å². The maximum atomic E-state index is 5.38. The van der Waals surface area contributed by atoms with E-state index in [0.29, 0.717) is 0 Å². The molecule has 11 heteroatoms. The van der Waals surface area contributed by atoms with Crippen LogP contribution in [0.5, 0.6) is 0 Å². The van der Waals surface area contributed by atoms with Crippen LogP contribution in [0.4, 0.5) is 0 Å². The van der Waals surface area contributed by atoms with Crippen molar-refractivity contribution in [3.63, 3.8) is 0 Å². The first-order valence-electron chi connectivity index (χ1n) is 2.05. The molecule has 0 aromatic carbocycles. The van der Waals surface area contributed by atoms with Gasteiger partial charge in [-0.2, -0.15) is 4.74 Å². The van der Waals surface area contributed by atoms with E-state index in [9.17, 15) is 0 Å². The summed E-state index contributed by atoms with van der Waals surface area (Å²) in [5, 5.41) is -3.27. The summed E-state index contributed by atoms with van der Waals surface area (Å²) < 4.78 is 6.78. The summed E-state index contributed by atoms with van der Waals surface area (Å²) in [6.07, 6.45) is 0. The van der Waals surface area contributed by atoms with Gasteiger partial charge in [0.15, 0.2) is 33.7 Å². The molecule has 0 aliphatic carbocycles. The minimum absolute atomic E-state index is 0.336. The van der Waals surface area contributed by atoms with Gasteiger partial charge in [0.1, 0.15) is 0 Å². The van der Waals surface area contributed by atoms with E-state index in [0.717, 1.165) is 0 Å². The molecule has 0 aliphatic heterocycles. The second-order valence-corrected chi connectivity index (χ2v) is 15.6. The maximum Gasteiger partial charge on any atom is 0.424 e. The molecule has 2 nitrogen and oxygen atoms in total. The van der Waals surface area contributed by atoms with Crippen molar-refractivity contribution in [3.05, 3.63) is 0 Å². The van der Waals surface area contributed by atoms with E-state index in [-0.39, 0.29) is 5.29 Å². The first kappa shape index (κ1) is 14.4. The Hall–Kier alpha value is 2.36. The van der Waals surface area contributed by atoms with E-state index in [1.807, 2.05) is 0 Å². The molecule has 0 aromatic heterocycles. The van der Waals surface area contributed by atoms with Gasteiger partial charge in [0.2, 0.25) is 5.11 Å². The molecule has 0 amide bonds. The van der Waals surface area contributed by atoms with Crippen LogP contribution < -0.4 is 0 Å². The van der Waals surface area contributed by atoms with Crippen LogP contribution in [-0.4, -0.2) is 5.29 Å². The Labute approximate surface area is 104 Å². The topological polar surface area (TPSA) is 24.7 Å². The van der Waals surface area contributed by atoms with Gasteiger partial charge in [-0.05, 0) is 50.1 Å². The molecule has 0 radical (unpaired) electrons. The molecule has 12 heavy (non-hydrogen) atoms. The van der Waals surface area contributed by atoms with E-state index in [1.54, 1.807) is 0 Å². The summed E-state index contributed by atoms with van der Waals surface area (Å²) in [6, 6.07) is 0. The lowest BCUT2D eigenvalue weighted by Crippen LogP contribution is -1.74. The molecule has 0 N–H and O–H groups in total. The van der Waals surface area contributed by atoms with Gasteiger partial charge in [-0.1, -0.05) is 0 Å². The highest BCUT2D eigenvalue weighted by atomic mass is 36.1. The maximum absolute atomic E-state index is 5.38. The lowest BCUT2D eigenvalue weighted by Gasteiger charge is -1.94. The Bertz CT molecular complexity index is 226. The molecule has 0 saturated carbocycles. The molecule has 0 spiro atoms. The van der Waals surface area contributed by atoms with Crippen LogP contribution in [0.3, 0.4) is 0 Å². The van der Waals surface area contributed by atoms with E-state index in [4.69, 9.17) is 79.0 Å². The third kappa shape index (κ3) is 10.4. The zero-order valence-corrected chi connectivity index (χ0v) is 12.0. The van der Waals surface area contributed by atoms with Crippen molar-refractivity contribution >= 4 is 94.9 Å². The number of amidine groups is 1. The third-order valence-electron chi connectivity index (χ3n) is 0.392. The molecule has 0 unspecified atom stereocenters. The minimum Gasteiger partial charge on any atom is -0.189 e. The quantitative estimate of drug-likeness (QED) is 0.219. The Morgan fingerprint density at radius 2 is 1.50 bits per heavy atom. The summed E-state index contributed by atoms with van der Waals surface area (Å²) in [6.45, 7) is 0. The lowest BCUT2D eigenvalue weighted by atomic mass is 11.4. The number of hydrogen-bond donors (Lipinski definition) is 0. The van der Waals surface area contributed by atoms with Gasteiger partial charge in [0.25, 0.3) is 5.29 Å². The van der Waals surface area contributed by atoms with Crippen molar-refractivity contribution < 1.29 is 0 Å². The van der Waals surface area contributed by atoms with Crippen LogP contribution in [0.2, 0.25) is 0 Å². The number of hydrogen-bond acceptors (Lipinski definition) is 1. The van der Waals surface area contributed by atoms with Crippen molar-refractivity contribution in [1.82, 2.24) is 0 Å². The summed E-state index contributed by atoms with van der Waals surface area (Å²) >= 11 is 37.5. The second-order valence-electron chi connectivity index (χ2n) is 1.31. The summed E-state index contributed by atoms with van der Waals surface area (Å²) in [7, 11) is 0. The molecule has 0 heterocycles. The second kappa shape index (κ2) is 5.45. The van der Waals surface area contributed by atoms with Gasteiger partial charge < -0.3 is 0 Å². The van der Waals surface area contributed by atoms with Crippen LogP contribution in [-0.2, 0) is 0 Å². The van der Waals surface area contributed by atoms with Gasteiger partial charge in [-0.15, -0.1) is 0 Å². The molecule has 72 valence electrons. The Balaban J connectivity index is 4.65. The first-order valence-corrected chi connectivity index (χ1v) is 11.3. The molecule has 0 aliphatic rings. The molecule has 0 saturated heterocycles. The largest absolute Gasteiger partial charge is 0.424 e. The average molecular weight is 350 g/mol. The minimum atomic E-state index is -2.94. The fourth-order valence-corrected chi connectivity index (χ4v) is 3.41. The molecule has 0 rings (SSSR count). The number of nitrogens with zero attached hydrogens (tertiary/aromatic N) is 2. The monoisotopic (exact) mass is 347 g/mol. The van der Waals surface area contributed by atoms with Gasteiger partial charge in [0.05, 0.1) is 0 Å². The summed E-state index contributed by atoms with van der Waals surface area (Å²) in [4.78, 5) is 0. The fourth-order valence-electron chi connectivity index (χ4n) is 0.207. The zero-order chi connectivity index (χ0) is 9.99. The van der Waals surface area contributed by atoms with Gasteiger partial charge in [-0.25, -0.2) is 0 Å². The molecule has 0 atom stereocenters. The van der Waals surface area contributed by atoms with Crippen LogP contribution >= 0.6 is 89.6 Å². The van der Waals surface area contributed by atoms with Crippen molar-refractivity contribution in [2.75, 3.05) is 0 Å². The summed E-state index contributed by atoms with van der Waals surface area (Å²) in [5.74, 6) is 0. The van der Waals surface area contributed by atoms with Crippen molar-refractivity contribution in [2.24, 2.45) is 9.51 Å². The molecule has 0 aromatic rings. The highest BCUT2D eigenvalue weighted by Gasteiger charge is 2.33. The lowest BCUT2D eigenvalue weighted by molar-refractivity contribution is 1.77. The zero-order valence-electron chi connectivity index (χ0n) is 4.93. The SMILES string of the molecule is Cl/C(N=P(Cl)(Cl)Cl)=N\[P+](Cl)(Cl)Cl. The van der Waals surface area contributed by atoms with E-state index < -0.39 is 10.6 Å². The Morgan fingerprint density at radius 1 is 1.08 bits per heavy atom. The van der Waals surface area contributed by atoms with Crippen LogP contribution in [0.1, 0.15) is 0 Å². The van der Waals surface area contributed by atoms with E-state index in [2.05, 4.69) is 9.51 Å². The van der Waals surface area contributed by atoms with E-state index in [1.165, 1.54) is 0 Å². The van der Waals surface area contributed by atoms with Gasteiger partial charge >= 0.3 is 5.47 Å². The van der Waals surface area contributed by atoms with Gasteiger partial charge in [-0.3, -0.25) is 0 Å². The van der Waals surface area contributed by atoms with Crippen LogP contribution in [0, 0.1) is 0 Å². The predicted octanol–water partition coefficient (Wildman–Crippen LogP) is 6.64. The highest BCUT2D eigenvalue weighted by molar-refractivity contribution is 8.32. The average Bonchev–Trinajstić information content (AvgIpc) is 1.49. The van der Waals surface area contributed by atoms with Crippen LogP contribution in [0.25, 0.3) is 0 Å². The smallest absolute Gasteiger partial charge is 0.189 e. The standard InChI is InChI=1S/CCl7N2P2/c2-1(9-11(3,4)5)10-12(6,7)8/q+1/b9-1+. The van der Waals surface area contributed by atoms with Gasteiger partial charge in [0, 0.05) is 0 Å². The van der Waals surface area contributed by atoms with Crippen molar-refractivity contribution in [1.29, 1.82) is 0 Å². The van der Waals surface area contributed by atoms with Crippen LogP contribution in [0.15, 0.2) is 9.51 Å². The Kier molecular flexibility index (Phi) is 6.52. The third-order valence-corrected chi connectivity index (χ3v) is 2.99.